The van der Waals surface area contributed by atoms with Crippen molar-refractivity contribution in [2.24, 2.45) is 22.9 Å². The van der Waals surface area contributed by atoms with Crippen LogP contribution < -0.4 is 56.1 Å². The maximum atomic E-state index is 10.6. The molecule has 0 bridgehead atoms. The summed E-state index contributed by atoms with van der Waals surface area (Å²) in [6, 6.07) is 45.2. The van der Waals surface area contributed by atoms with Crippen LogP contribution in [-0.2, 0) is 23.7 Å². The highest BCUT2D eigenvalue weighted by Crippen LogP contribution is 2.39. The Hall–Kier alpha value is -5.89. The molecule has 9 N–H and O–H groups in total. The van der Waals surface area contributed by atoms with Crippen LogP contribution in [0.15, 0.2) is 170 Å². The van der Waals surface area contributed by atoms with Gasteiger partial charge in [0.1, 0.15) is 77.4 Å². The maximum Gasteiger partial charge on any atom is 0.490 e. The van der Waals surface area contributed by atoms with Crippen molar-refractivity contribution in [1.29, 1.82) is 0 Å². The van der Waals surface area contributed by atoms with Crippen molar-refractivity contribution >= 4 is 87.2 Å². The van der Waals surface area contributed by atoms with E-state index in [0.29, 0.717) is 75.4 Å². The molecule has 0 amide bonds. The minimum absolute atomic E-state index is 0.0660. The van der Waals surface area contributed by atoms with E-state index in [4.69, 9.17) is 166 Å². The molecule has 10 rings (SSSR count). The van der Waals surface area contributed by atoms with Gasteiger partial charge in [0, 0.05) is 53.8 Å². The second kappa shape index (κ2) is 31.0. The molecule has 2 heterocycles. The molecule has 1 saturated carbocycles. The third kappa shape index (κ3) is 18.4. The van der Waals surface area contributed by atoms with Gasteiger partial charge in [0.05, 0.1) is 6.04 Å². The Morgan fingerprint density at radius 2 is 0.775 bits per heavy atom. The lowest BCUT2D eigenvalue weighted by Crippen LogP contribution is -2.71. The number of carboxylic acid groups (broad SMARTS) is 1. The van der Waals surface area contributed by atoms with E-state index >= 15 is 0 Å². The van der Waals surface area contributed by atoms with Crippen LogP contribution in [0, 0.1) is 0 Å². The first-order valence-corrected chi connectivity index (χ1v) is 30.0. The Morgan fingerprint density at radius 1 is 0.438 bits per heavy atom. The maximum absolute atomic E-state index is 10.6. The van der Waals surface area contributed by atoms with Crippen LogP contribution in [0.25, 0.3) is 0 Å². The van der Waals surface area contributed by atoms with Crippen molar-refractivity contribution in [3.8, 4) is 40.2 Å². The summed E-state index contributed by atoms with van der Waals surface area (Å²) < 4.78 is 107. The molecule has 474 valence electrons. The number of ether oxygens (including phenoxy) is 11. The Kier molecular flexibility index (Phi) is 23.5. The van der Waals surface area contributed by atoms with E-state index in [1.54, 1.807) is 170 Å². The smallest absolute Gasteiger partial charge is 0.490 e. The Bertz CT molecular complexity index is 3380. The molecule has 0 unspecified atom stereocenters. The van der Waals surface area contributed by atoms with Crippen LogP contribution in [0.2, 0.25) is 35.2 Å². The lowest BCUT2D eigenvalue weighted by Gasteiger charge is -2.50. The fourth-order valence-corrected chi connectivity index (χ4v) is 10.8. The molecule has 0 aromatic heterocycles. The lowest BCUT2D eigenvalue weighted by molar-refractivity contribution is -0.321. The molecule has 17 nitrogen and oxygen atoms in total. The predicted octanol–water partition coefficient (Wildman–Crippen LogP) is 12.5. The molecule has 0 spiro atoms. The standard InChI is InChI=1S/C60H57Cl7N4O11.C2HF3O2/c61-32-4-16-39(17-5-32)72-31-49-53(78-45-3-1-2-38(67)28-45)50(71)55(74-41-20-8-34(63)9-21-41)59(80-49)81-51-46(69)29-47(70)52(56(51)75-42-22-10-35(64)11-23-42)82-60-58(77-44-26-14-37(66)15-27-44)57(76-43-24-12-36(65)13-25-43)54(48(30-68)79-60)73-40-18-6-33(62)7-19-40;3-2(4,5)1(6)7/h1-28,46-60H,29-31,68-71H2;(H,6,7)/t46-,47+,48+,49-,50+,51+,52-,53-,54+,55-,56-,57-,58+,59-,60+;/m1./s1. The molecule has 3 aliphatic rings. The van der Waals surface area contributed by atoms with Crippen LogP contribution in [0.1, 0.15) is 6.42 Å². The largest absolute Gasteiger partial charge is 0.491 e. The van der Waals surface area contributed by atoms with Gasteiger partial charge in [-0.15, -0.1) is 0 Å². The minimum Gasteiger partial charge on any atom is -0.491 e. The Labute approximate surface area is 544 Å². The van der Waals surface area contributed by atoms with Gasteiger partial charge >= 0.3 is 12.1 Å². The van der Waals surface area contributed by atoms with Crippen molar-refractivity contribution in [2.45, 2.75) is 104 Å². The lowest BCUT2D eigenvalue weighted by atomic mass is 9.83. The zero-order valence-electron chi connectivity index (χ0n) is 46.4. The number of halogens is 10. The van der Waals surface area contributed by atoms with E-state index in [9.17, 15) is 13.2 Å². The number of benzene rings is 7. The summed E-state index contributed by atoms with van der Waals surface area (Å²) >= 11 is 44.6. The van der Waals surface area contributed by atoms with Gasteiger partial charge in [0.25, 0.3) is 0 Å². The van der Waals surface area contributed by atoms with Gasteiger partial charge in [0.15, 0.2) is 43.1 Å². The van der Waals surface area contributed by atoms with Gasteiger partial charge in [-0.1, -0.05) is 87.3 Å². The van der Waals surface area contributed by atoms with Crippen LogP contribution >= 0.6 is 81.2 Å². The molecular formula is C62H58Cl7F3N4O13. The fourth-order valence-electron chi connectivity index (χ4n) is 9.87. The van der Waals surface area contributed by atoms with Crippen molar-refractivity contribution in [2.75, 3.05) is 13.2 Å². The number of aliphatic carboxylic acids is 1. The SMILES string of the molecule is NC[C@@H]1O[C@@H](O[C@H]2[C@H](Oc3ccc(Cl)cc3)[C@@H](O[C@H]3O[C@H](COc4ccc(Cl)cc4)[C@@H](Oc4cccc(Cl)c4)[C@H](N)[C@H]3Oc3ccc(Cl)cc3)[C@H](N)C[C@@H]2N)[C@@H](Oc2ccc(Cl)cc2)[C@H](Oc2ccc(Cl)cc2)[C@H]1Oc1ccc(Cl)cc1.O=C(O)C(F)(F)F. The number of nitrogens with two attached hydrogens (primary N) is 4. The number of rotatable bonds is 20. The van der Waals surface area contributed by atoms with Crippen LogP contribution in [-0.4, -0.2) is 122 Å². The summed E-state index contributed by atoms with van der Waals surface area (Å²) in [4.78, 5) is 8.90. The van der Waals surface area contributed by atoms with E-state index in [1.807, 2.05) is 0 Å². The van der Waals surface area contributed by atoms with Crippen LogP contribution in [0.4, 0.5) is 13.2 Å². The van der Waals surface area contributed by atoms with E-state index in [-0.39, 0.29) is 19.6 Å². The van der Waals surface area contributed by atoms with Crippen molar-refractivity contribution in [3.05, 3.63) is 205 Å². The van der Waals surface area contributed by atoms with E-state index in [2.05, 4.69) is 0 Å². The second-order valence-electron chi connectivity index (χ2n) is 20.5. The van der Waals surface area contributed by atoms with E-state index < -0.39 is 104 Å². The average molecular weight is 1370 g/mol. The summed E-state index contributed by atoms with van der Waals surface area (Å²) in [6.07, 6.45) is -17.9. The van der Waals surface area contributed by atoms with E-state index in [0.717, 1.165) is 0 Å². The number of carbonyl (C=O) groups is 1. The molecule has 89 heavy (non-hydrogen) atoms. The summed E-state index contributed by atoms with van der Waals surface area (Å²) in [5.41, 5.74) is 28.4. The van der Waals surface area contributed by atoms with Gasteiger partial charge in [0.2, 0.25) is 0 Å². The summed E-state index contributed by atoms with van der Waals surface area (Å²) in [5.74, 6) is 0.204. The van der Waals surface area contributed by atoms with Crippen LogP contribution in [0.3, 0.4) is 0 Å². The van der Waals surface area contributed by atoms with Crippen molar-refractivity contribution in [1.82, 2.24) is 0 Å². The molecule has 3 fully saturated rings. The third-order valence-electron chi connectivity index (χ3n) is 14.1. The monoisotopic (exact) mass is 1370 g/mol. The normalized spacial score (nSPS) is 26.8. The van der Waals surface area contributed by atoms with Gasteiger partial charge in [-0.05, 0) is 170 Å². The minimum atomic E-state index is -5.08. The number of hydrogen-bond acceptors (Lipinski definition) is 16. The first kappa shape index (κ1) is 67.5. The van der Waals surface area contributed by atoms with Crippen molar-refractivity contribution in [3.63, 3.8) is 0 Å². The first-order chi connectivity index (χ1) is 42.6. The highest BCUT2D eigenvalue weighted by atomic mass is 35.5. The molecule has 15 atom stereocenters. The highest BCUT2D eigenvalue weighted by molar-refractivity contribution is 6.32. The topological polar surface area (TPSA) is 243 Å². The molecule has 7 aromatic carbocycles. The number of hydrogen-bond donors (Lipinski definition) is 5. The molecule has 27 heteroatoms. The quantitative estimate of drug-likeness (QED) is 0.0476. The van der Waals surface area contributed by atoms with Gasteiger partial charge in [-0.25, -0.2) is 4.79 Å². The number of alkyl halides is 3. The molecule has 1 aliphatic carbocycles. The highest BCUT2D eigenvalue weighted by Gasteiger charge is 2.57. The molecule has 7 aromatic rings. The number of carboxylic acids is 1. The first-order valence-electron chi connectivity index (χ1n) is 27.4. The average Bonchev–Trinajstić information content (AvgIpc) is 1.50. The Morgan fingerprint density at radius 3 is 1.17 bits per heavy atom. The van der Waals surface area contributed by atoms with Crippen LogP contribution in [0.5, 0.6) is 40.2 Å². The molecular weight excluding hydrogens is 1310 g/mol. The van der Waals surface area contributed by atoms with Gasteiger partial charge in [-0.3, -0.25) is 0 Å². The zero-order chi connectivity index (χ0) is 63.5. The van der Waals surface area contributed by atoms with Gasteiger partial charge in [-0.2, -0.15) is 13.2 Å². The second-order valence-corrected chi connectivity index (χ2v) is 23.5. The fraction of sp³-hybridized carbons (Fsp3) is 0.306. The van der Waals surface area contributed by atoms with E-state index in [1.165, 1.54) is 0 Å². The Balaban J connectivity index is 0.00000127. The van der Waals surface area contributed by atoms with Crippen molar-refractivity contribution < 1.29 is 75.2 Å². The summed E-state index contributed by atoms with van der Waals surface area (Å²) in [7, 11) is 0. The molecule has 2 aliphatic heterocycles. The zero-order valence-corrected chi connectivity index (χ0v) is 51.7. The molecule has 2 saturated heterocycles. The third-order valence-corrected chi connectivity index (χ3v) is 15.9. The summed E-state index contributed by atoms with van der Waals surface area (Å²) in [6.45, 7) is -0.145. The molecule has 0 radical (unpaired) electrons. The predicted molar refractivity (Wildman–Crippen MR) is 331 cm³/mol. The van der Waals surface area contributed by atoms with Gasteiger partial charge < -0.3 is 80.1 Å². The summed E-state index contributed by atoms with van der Waals surface area (Å²) in [5, 5.41) is 10.5.